The number of fused-ring (bicyclic) bond motifs is 2. The number of aryl methyl sites for hydroxylation is 3. The molecule has 2 aromatic carbocycles. The van der Waals surface area contributed by atoms with Crippen LogP contribution in [0.25, 0.3) is 22.2 Å². The minimum atomic E-state index is -0.144. The molecule has 5 nitrogen and oxygen atoms in total. The molecule has 0 saturated carbocycles. The highest BCUT2D eigenvalue weighted by Crippen LogP contribution is 2.30. The molecule has 29 heavy (non-hydrogen) atoms. The molecule has 0 unspecified atom stereocenters. The van der Waals surface area contributed by atoms with Crippen molar-refractivity contribution in [3.63, 3.8) is 0 Å². The van der Waals surface area contributed by atoms with Gasteiger partial charge >= 0.3 is 0 Å². The van der Waals surface area contributed by atoms with Crippen LogP contribution in [0, 0.1) is 6.92 Å². The molecule has 1 aliphatic carbocycles. The molecule has 0 radical (unpaired) electrons. The summed E-state index contributed by atoms with van der Waals surface area (Å²) in [6.45, 7) is 3.17. The Hall–Kier alpha value is -2.76. The molecule has 0 fully saturated rings. The van der Waals surface area contributed by atoms with E-state index in [-0.39, 0.29) is 19.1 Å². The van der Waals surface area contributed by atoms with Crippen molar-refractivity contribution in [2.45, 2.75) is 26.2 Å². The highest BCUT2D eigenvalue weighted by atomic mass is 16.5. The van der Waals surface area contributed by atoms with Gasteiger partial charge in [-0.1, -0.05) is 12.1 Å². The number of rotatable bonds is 7. The van der Waals surface area contributed by atoms with Crippen LogP contribution in [0.4, 0.5) is 0 Å². The smallest absolute Gasteiger partial charge is 0.251 e. The third-order valence-electron chi connectivity index (χ3n) is 5.42. The number of aliphatic hydroxyl groups is 1. The average Bonchev–Trinajstić information content (AvgIpc) is 3.19. The van der Waals surface area contributed by atoms with Gasteiger partial charge in [0.15, 0.2) is 0 Å². The van der Waals surface area contributed by atoms with Crippen LogP contribution in [0.5, 0.6) is 0 Å². The standard InChI is InChI=1S/C24H26N2O3/c1-16-12-22(26-23-15-18-5-2-4-17(18)14-21(16)23)19-6-3-7-20(13-19)24(28)25-8-10-29-11-9-27/h3,6-7,12-15,27H,2,4-5,8-11H2,1H3,(H,25,28). The number of aliphatic hydroxyl groups excluding tert-OH is 1. The van der Waals surface area contributed by atoms with Crippen LogP contribution < -0.4 is 5.32 Å². The van der Waals surface area contributed by atoms with Gasteiger partial charge in [0.1, 0.15) is 0 Å². The molecule has 2 N–H and O–H groups in total. The topological polar surface area (TPSA) is 71.5 Å². The van der Waals surface area contributed by atoms with Crippen molar-refractivity contribution in [2.75, 3.05) is 26.4 Å². The van der Waals surface area contributed by atoms with Gasteiger partial charge in [-0.05, 0) is 73.2 Å². The summed E-state index contributed by atoms with van der Waals surface area (Å²) < 4.78 is 5.17. The molecule has 5 heteroatoms. The van der Waals surface area contributed by atoms with Crippen molar-refractivity contribution in [3.8, 4) is 11.3 Å². The van der Waals surface area contributed by atoms with Crippen LogP contribution in [-0.4, -0.2) is 42.4 Å². The lowest BCUT2D eigenvalue weighted by molar-refractivity contribution is 0.0838. The highest BCUT2D eigenvalue weighted by Gasteiger charge is 2.15. The lowest BCUT2D eigenvalue weighted by atomic mass is 10.00. The summed E-state index contributed by atoms with van der Waals surface area (Å²) in [5.41, 5.74) is 7.51. The molecular formula is C24H26N2O3. The molecule has 0 aliphatic heterocycles. The number of carbonyl (C=O) groups excluding carboxylic acids is 1. The first-order valence-electron chi connectivity index (χ1n) is 10.2. The normalized spacial score (nSPS) is 12.9. The fourth-order valence-electron chi connectivity index (χ4n) is 3.94. The first kappa shape index (κ1) is 19.6. The van der Waals surface area contributed by atoms with E-state index in [2.05, 4.69) is 30.4 Å². The SMILES string of the molecule is Cc1cc(-c2cccc(C(=O)NCCOCCO)c2)nc2cc3c(cc12)CCC3. The summed E-state index contributed by atoms with van der Waals surface area (Å²) in [6, 6.07) is 14.2. The molecule has 1 amide bonds. The average molecular weight is 390 g/mol. The Balaban J connectivity index is 1.57. The largest absolute Gasteiger partial charge is 0.394 e. The fourth-order valence-corrected chi connectivity index (χ4v) is 3.94. The van der Waals surface area contributed by atoms with Crippen LogP contribution in [0.15, 0.2) is 42.5 Å². The quantitative estimate of drug-likeness (QED) is 0.606. The Kier molecular flexibility index (Phi) is 5.88. The molecule has 1 heterocycles. The predicted octanol–water partition coefficient (Wildman–Crippen LogP) is 3.44. The van der Waals surface area contributed by atoms with Crippen molar-refractivity contribution in [3.05, 3.63) is 64.7 Å². The van der Waals surface area contributed by atoms with E-state index in [4.69, 9.17) is 14.8 Å². The maximum Gasteiger partial charge on any atom is 0.251 e. The summed E-state index contributed by atoms with van der Waals surface area (Å²) in [5.74, 6) is -0.144. The van der Waals surface area contributed by atoms with Gasteiger partial charge in [-0.2, -0.15) is 0 Å². The lowest BCUT2D eigenvalue weighted by Gasteiger charge is -2.11. The molecule has 0 saturated heterocycles. The molecule has 3 aromatic rings. The maximum absolute atomic E-state index is 12.4. The van der Waals surface area contributed by atoms with E-state index in [1.807, 2.05) is 18.2 Å². The Morgan fingerprint density at radius 2 is 1.97 bits per heavy atom. The minimum absolute atomic E-state index is 0.0169. The zero-order valence-electron chi connectivity index (χ0n) is 16.7. The summed E-state index contributed by atoms with van der Waals surface area (Å²) in [7, 11) is 0. The molecule has 150 valence electrons. The van der Waals surface area contributed by atoms with E-state index in [1.54, 1.807) is 6.07 Å². The van der Waals surface area contributed by atoms with Gasteiger partial charge in [-0.3, -0.25) is 4.79 Å². The van der Waals surface area contributed by atoms with E-state index in [0.717, 1.165) is 29.6 Å². The van der Waals surface area contributed by atoms with Gasteiger partial charge in [0.2, 0.25) is 0 Å². The lowest BCUT2D eigenvalue weighted by Crippen LogP contribution is -2.27. The van der Waals surface area contributed by atoms with Gasteiger partial charge in [0.05, 0.1) is 31.0 Å². The van der Waals surface area contributed by atoms with Gasteiger partial charge in [-0.15, -0.1) is 0 Å². The molecule has 0 bridgehead atoms. The molecule has 0 atom stereocenters. The van der Waals surface area contributed by atoms with Crippen LogP contribution in [0.2, 0.25) is 0 Å². The van der Waals surface area contributed by atoms with Crippen LogP contribution in [-0.2, 0) is 17.6 Å². The zero-order valence-corrected chi connectivity index (χ0v) is 16.7. The number of carbonyl (C=O) groups is 1. The number of ether oxygens (including phenoxy) is 1. The van der Waals surface area contributed by atoms with E-state index >= 15 is 0 Å². The van der Waals surface area contributed by atoms with E-state index < -0.39 is 0 Å². The Bertz CT molecular complexity index is 1050. The van der Waals surface area contributed by atoms with Crippen LogP contribution in [0.1, 0.15) is 33.5 Å². The first-order chi connectivity index (χ1) is 14.2. The second kappa shape index (κ2) is 8.72. The maximum atomic E-state index is 12.4. The number of nitrogens with zero attached hydrogens (tertiary/aromatic N) is 1. The molecule has 1 aromatic heterocycles. The molecule has 1 aliphatic rings. The summed E-state index contributed by atoms with van der Waals surface area (Å²) in [5, 5.41) is 12.8. The molecule has 4 rings (SSSR count). The summed E-state index contributed by atoms with van der Waals surface area (Å²) >= 11 is 0. The minimum Gasteiger partial charge on any atom is -0.394 e. The van der Waals surface area contributed by atoms with E-state index in [9.17, 15) is 4.79 Å². The third kappa shape index (κ3) is 4.31. The van der Waals surface area contributed by atoms with Gasteiger partial charge in [0.25, 0.3) is 5.91 Å². The van der Waals surface area contributed by atoms with Crippen molar-refractivity contribution < 1.29 is 14.6 Å². The summed E-state index contributed by atoms with van der Waals surface area (Å²) in [6.07, 6.45) is 3.52. The number of hydrogen-bond donors (Lipinski definition) is 2. The van der Waals surface area contributed by atoms with Crippen LogP contribution >= 0.6 is 0 Å². The zero-order chi connectivity index (χ0) is 20.2. The Morgan fingerprint density at radius 3 is 2.79 bits per heavy atom. The number of benzene rings is 2. The number of amides is 1. The Morgan fingerprint density at radius 1 is 1.14 bits per heavy atom. The van der Waals surface area contributed by atoms with E-state index in [1.165, 1.54) is 28.5 Å². The van der Waals surface area contributed by atoms with Crippen molar-refractivity contribution >= 4 is 16.8 Å². The van der Waals surface area contributed by atoms with Crippen molar-refractivity contribution in [1.29, 1.82) is 0 Å². The number of aromatic nitrogens is 1. The third-order valence-corrected chi connectivity index (χ3v) is 5.42. The van der Waals surface area contributed by atoms with Gasteiger partial charge in [-0.25, -0.2) is 4.98 Å². The fraction of sp³-hybridized carbons (Fsp3) is 0.333. The monoisotopic (exact) mass is 390 g/mol. The van der Waals surface area contributed by atoms with E-state index in [0.29, 0.717) is 18.7 Å². The van der Waals surface area contributed by atoms with Gasteiger partial charge in [0, 0.05) is 23.1 Å². The Labute approximate surface area is 170 Å². The molecule has 0 spiro atoms. The number of hydrogen-bond acceptors (Lipinski definition) is 4. The van der Waals surface area contributed by atoms with Crippen LogP contribution in [0.3, 0.4) is 0 Å². The number of pyridine rings is 1. The first-order valence-corrected chi connectivity index (χ1v) is 10.2. The second-order valence-electron chi connectivity index (χ2n) is 7.49. The molecular weight excluding hydrogens is 364 g/mol. The number of nitrogens with one attached hydrogen (secondary N) is 1. The predicted molar refractivity (Wildman–Crippen MR) is 114 cm³/mol. The second-order valence-corrected chi connectivity index (χ2v) is 7.49. The van der Waals surface area contributed by atoms with Crippen molar-refractivity contribution in [1.82, 2.24) is 10.3 Å². The van der Waals surface area contributed by atoms with Crippen molar-refractivity contribution in [2.24, 2.45) is 0 Å². The summed E-state index contributed by atoms with van der Waals surface area (Å²) in [4.78, 5) is 17.3. The highest BCUT2D eigenvalue weighted by molar-refractivity contribution is 5.95. The van der Waals surface area contributed by atoms with Gasteiger partial charge < -0.3 is 15.2 Å².